The third-order valence-electron chi connectivity index (χ3n) is 17.8. The zero-order valence-electron chi connectivity index (χ0n) is 40.5. The van der Waals surface area contributed by atoms with Gasteiger partial charge in [0.15, 0.2) is 0 Å². The number of rotatable bonds is 10. The van der Waals surface area contributed by atoms with Crippen molar-refractivity contribution in [3.8, 4) is 22.3 Å². The van der Waals surface area contributed by atoms with Crippen molar-refractivity contribution in [1.82, 2.24) is 0 Å². The molecule has 0 radical (unpaired) electrons. The second-order valence-corrected chi connectivity index (χ2v) is 21.7. The maximum Gasteiger partial charge on any atom is 0.0714 e. The highest BCUT2D eigenvalue weighted by Gasteiger charge is 2.46. The van der Waals surface area contributed by atoms with Gasteiger partial charge in [0.05, 0.1) is 5.41 Å². The first-order valence-corrected chi connectivity index (χ1v) is 27.3. The number of anilines is 3. The topological polar surface area (TPSA) is 3.24 Å². The van der Waals surface area contributed by atoms with Crippen LogP contribution in [0.25, 0.3) is 22.3 Å². The summed E-state index contributed by atoms with van der Waals surface area (Å²) in [7, 11) is 0. The Balaban J connectivity index is 0.986. The highest BCUT2D eigenvalue weighted by molar-refractivity contribution is 5.89. The van der Waals surface area contributed by atoms with Crippen LogP contribution < -0.4 is 4.90 Å². The minimum Gasteiger partial charge on any atom is -0.310 e. The van der Waals surface area contributed by atoms with Gasteiger partial charge in [-0.2, -0.15) is 0 Å². The van der Waals surface area contributed by atoms with Crippen molar-refractivity contribution in [2.75, 3.05) is 4.90 Å². The van der Waals surface area contributed by atoms with Gasteiger partial charge in [-0.1, -0.05) is 204 Å². The van der Waals surface area contributed by atoms with Crippen molar-refractivity contribution < 1.29 is 0 Å². The van der Waals surface area contributed by atoms with Crippen LogP contribution in [-0.4, -0.2) is 0 Å². The number of nitrogens with zero attached hydrogens (tertiary/aromatic N) is 1. The van der Waals surface area contributed by atoms with Crippen LogP contribution in [-0.2, 0) is 5.41 Å². The molecule has 68 heavy (non-hydrogen) atoms. The molecule has 7 aromatic rings. The molecular formula is C67H71N. The van der Waals surface area contributed by atoms with Crippen molar-refractivity contribution in [3.63, 3.8) is 0 Å². The van der Waals surface area contributed by atoms with Gasteiger partial charge in [0, 0.05) is 17.1 Å². The summed E-state index contributed by atoms with van der Waals surface area (Å²) in [6.07, 6.45) is 26.9. The van der Waals surface area contributed by atoms with Crippen LogP contribution >= 0.6 is 0 Å². The summed E-state index contributed by atoms with van der Waals surface area (Å²) in [5.74, 6) is 2.73. The lowest BCUT2D eigenvalue weighted by molar-refractivity contribution is 0.443. The SMILES string of the molecule is c1ccc2c(c1)-c1ccc(N(c3ccc(-c4ccc(C5CCCCC5)cc4)cc3)c3ccc(C4CCCCC4)cc3)cc1C2(c1ccc(C2CCCCC2)cc1)c1ccc(C2CCCCC2)cc1. The van der Waals surface area contributed by atoms with Crippen molar-refractivity contribution in [2.45, 2.75) is 158 Å². The average molecular weight is 890 g/mol. The molecule has 0 aromatic heterocycles. The fourth-order valence-electron chi connectivity index (χ4n) is 14.0. The van der Waals surface area contributed by atoms with E-state index in [1.54, 1.807) is 0 Å². The predicted octanol–water partition coefficient (Wildman–Crippen LogP) is 19.4. The molecule has 7 aromatic carbocycles. The molecule has 5 aliphatic rings. The number of hydrogen-bond acceptors (Lipinski definition) is 1. The summed E-state index contributed by atoms with van der Waals surface area (Å²) in [6, 6.07) is 65.5. The lowest BCUT2D eigenvalue weighted by Gasteiger charge is -2.35. The van der Waals surface area contributed by atoms with E-state index < -0.39 is 5.41 Å². The third-order valence-corrected chi connectivity index (χ3v) is 17.8. The van der Waals surface area contributed by atoms with E-state index >= 15 is 0 Å². The van der Waals surface area contributed by atoms with Crippen molar-refractivity contribution in [3.05, 3.63) is 208 Å². The molecule has 1 heteroatoms. The molecule has 0 aliphatic heterocycles. The number of hydrogen-bond donors (Lipinski definition) is 0. The van der Waals surface area contributed by atoms with E-state index in [-0.39, 0.29) is 0 Å². The molecule has 4 saturated carbocycles. The van der Waals surface area contributed by atoms with Crippen molar-refractivity contribution in [1.29, 1.82) is 0 Å². The Kier molecular flexibility index (Phi) is 12.4. The van der Waals surface area contributed by atoms with Gasteiger partial charge in [-0.3, -0.25) is 0 Å². The molecule has 0 heterocycles. The molecule has 0 atom stereocenters. The second-order valence-electron chi connectivity index (χ2n) is 21.7. The van der Waals surface area contributed by atoms with Crippen molar-refractivity contribution in [2.24, 2.45) is 0 Å². The molecule has 0 unspecified atom stereocenters. The fraction of sp³-hybridized carbons (Fsp3) is 0.373. The van der Waals surface area contributed by atoms with Gasteiger partial charge in [-0.25, -0.2) is 0 Å². The van der Waals surface area contributed by atoms with E-state index in [0.717, 1.165) is 5.92 Å². The first-order chi connectivity index (χ1) is 33.7. The summed E-state index contributed by atoms with van der Waals surface area (Å²) in [5.41, 5.74) is 20.0. The average Bonchev–Trinajstić information content (AvgIpc) is 3.73. The molecule has 0 amide bonds. The largest absolute Gasteiger partial charge is 0.310 e. The van der Waals surface area contributed by atoms with Crippen LogP contribution in [0.1, 0.15) is 197 Å². The summed E-state index contributed by atoms with van der Waals surface area (Å²) in [6.45, 7) is 0. The van der Waals surface area contributed by atoms with Crippen LogP contribution in [0, 0.1) is 0 Å². The van der Waals surface area contributed by atoms with Gasteiger partial charge in [-0.15, -0.1) is 0 Å². The third kappa shape index (κ3) is 8.26. The lowest BCUT2D eigenvalue weighted by atomic mass is 9.67. The van der Waals surface area contributed by atoms with Crippen LogP contribution in [0.2, 0.25) is 0 Å². The molecule has 0 spiro atoms. The fourth-order valence-corrected chi connectivity index (χ4v) is 14.0. The monoisotopic (exact) mass is 890 g/mol. The Bertz CT molecular complexity index is 2710. The smallest absolute Gasteiger partial charge is 0.0714 e. The van der Waals surface area contributed by atoms with Crippen LogP contribution in [0.4, 0.5) is 17.1 Å². The van der Waals surface area contributed by atoms with Gasteiger partial charge in [0.2, 0.25) is 0 Å². The van der Waals surface area contributed by atoms with Crippen LogP contribution in [0.15, 0.2) is 164 Å². The van der Waals surface area contributed by atoms with E-state index in [1.165, 1.54) is 212 Å². The van der Waals surface area contributed by atoms with E-state index in [1.807, 2.05) is 0 Å². The summed E-state index contributed by atoms with van der Waals surface area (Å²) >= 11 is 0. The maximum absolute atomic E-state index is 2.58. The zero-order valence-corrected chi connectivity index (χ0v) is 40.5. The number of fused-ring (bicyclic) bond motifs is 3. The minimum absolute atomic E-state index is 0.470. The molecular weight excluding hydrogens is 819 g/mol. The second kappa shape index (κ2) is 19.4. The highest BCUT2D eigenvalue weighted by atomic mass is 15.1. The van der Waals surface area contributed by atoms with E-state index in [4.69, 9.17) is 0 Å². The van der Waals surface area contributed by atoms with Crippen LogP contribution in [0.3, 0.4) is 0 Å². The Morgan fingerprint density at radius 1 is 0.294 bits per heavy atom. The van der Waals surface area contributed by atoms with Gasteiger partial charge < -0.3 is 4.90 Å². The Morgan fingerprint density at radius 2 is 0.632 bits per heavy atom. The molecule has 0 N–H and O–H groups in total. The Labute approximate surface area is 408 Å². The highest BCUT2D eigenvalue weighted by Crippen LogP contribution is 2.58. The lowest BCUT2D eigenvalue weighted by Crippen LogP contribution is -2.29. The summed E-state index contributed by atoms with van der Waals surface area (Å²) < 4.78 is 0. The first kappa shape index (κ1) is 43.6. The Morgan fingerprint density at radius 3 is 1.07 bits per heavy atom. The molecule has 0 saturated heterocycles. The molecule has 344 valence electrons. The quantitative estimate of drug-likeness (QED) is 0.132. The molecule has 5 aliphatic carbocycles. The Hall–Kier alpha value is -5.66. The van der Waals surface area contributed by atoms with Gasteiger partial charge in [0.1, 0.15) is 0 Å². The molecule has 1 nitrogen and oxygen atoms in total. The minimum atomic E-state index is -0.470. The van der Waals surface area contributed by atoms with Gasteiger partial charge in [0.25, 0.3) is 0 Å². The number of benzene rings is 7. The van der Waals surface area contributed by atoms with Crippen molar-refractivity contribution >= 4 is 17.1 Å². The molecule has 4 fully saturated rings. The standard InChI is InChI=1S/C67H71N/c1-5-15-48(16-6-1)52-25-27-53(28-26-52)57-35-43-61(44-36-57)68(60-41-33-56(34-42-60)51-21-11-4-12-22-51)62-45-46-64-63-23-13-14-24-65(63)67(66(64)47-62,58-37-29-54(30-38-58)49-17-7-2-8-18-49)59-39-31-55(32-40-59)50-19-9-3-10-20-50/h13-14,23-51H,1-12,15-22H2. The zero-order chi connectivity index (χ0) is 45.3. The normalized spacial score (nSPS) is 19.1. The van der Waals surface area contributed by atoms with E-state index in [2.05, 4.69) is 169 Å². The van der Waals surface area contributed by atoms with Crippen LogP contribution in [0.5, 0.6) is 0 Å². The van der Waals surface area contributed by atoms with Gasteiger partial charge in [-0.05, 0) is 178 Å². The summed E-state index contributed by atoms with van der Waals surface area (Å²) in [5, 5.41) is 0. The van der Waals surface area contributed by atoms with E-state index in [0.29, 0.717) is 17.8 Å². The summed E-state index contributed by atoms with van der Waals surface area (Å²) in [4.78, 5) is 2.53. The maximum atomic E-state index is 2.58. The van der Waals surface area contributed by atoms with E-state index in [9.17, 15) is 0 Å². The molecule has 12 rings (SSSR count). The first-order valence-electron chi connectivity index (χ1n) is 27.3. The van der Waals surface area contributed by atoms with Gasteiger partial charge >= 0.3 is 0 Å². The molecule has 0 bridgehead atoms. The predicted molar refractivity (Wildman–Crippen MR) is 287 cm³/mol.